The van der Waals surface area contributed by atoms with E-state index in [1.807, 2.05) is 0 Å². The summed E-state index contributed by atoms with van der Waals surface area (Å²) in [4.78, 5) is 34.0. The highest BCUT2D eigenvalue weighted by Gasteiger charge is 2.24. The van der Waals surface area contributed by atoms with Crippen LogP contribution in [0.5, 0.6) is 0 Å². The molecule has 0 aliphatic heterocycles. The van der Waals surface area contributed by atoms with Gasteiger partial charge in [-0.25, -0.2) is 4.79 Å². The second-order valence-electron chi connectivity index (χ2n) is 4.56. The summed E-state index contributed by atoms with van der Waals surface area (Å²) in [6.07, 6.45) is 0.288. The molecule has 1 aromatic rings. The molecule has 21 heavy (non-hydrogen) atoms. The molecule has 0 heterocycles. The highest BCUT2D eigenvalue weighted by Crippen LogP contribution is 2.13. The summed E-state index contributed by atoms with van der Waals surface area (Å²) in [7, 11) is 0. The molecule has 2 unspecified atom stereocenters. The first kappa shape index (κ1) is 16.5. The summed E-state index contributed by atoms with van der Waals surface area (Å²) in [6.45, 7) is 1.77. The number of carbonyl (C=O) groups excluding carboxylic acids is 2. The number of amides is 3. The van der Waals surface area contributed by atoms with Crippen molar-refractivity contribution in [2.24, 2.45) is 5.73 Å². The van der Waals surface area contributed by atoms with Gasteiger partial charge in [0.1, 0.15) is 6.04 Å². The molecule has 0 saturated heterocycles. The van der Waals surface area contributed by atoms with Gasteiger partial charge in [-0.1, -0.05) is 37.3 Å². The normalized spacial score (nSPS) is 13.0. The lowest BCUT2D eigenvalue weighted by atomic mass is 10.0. The summed E-state index contributed by atoms with van der Waals surface area (Å²) >= 11 is 0. The predicted octanol–water partition coefficient (Wildman–Crippen LogP) is 0.766. The van der Waals surface area contributed by atoms with Crippen molar-refractivity contribution in [1.82, 2.24) is 10.6 Å². The maximum absolute atomic E-state index is 12.3. The topological polar surface area (TPSA) is 122 Å². The van der Waals surface area contributed by atoms with E-state index in [0.717, 1.165) is 0 Å². The lowest BCUT2D eigenvalue weighted by molar-refractivity contribution is -0.137. The van der Waals surface area contributed by atoms with Crippen LogP contribution in [0, 0.1) is 0 Å². The van der Waals surface area contributed by atoms with Crippen LogP contribution in [-0.2, 0) is 9.59 Å². The molecule has 114 valence electrons. The second-order valence-corrected chi connectivity index (χ2v) is 4.56. The Morgan fingerprint density at radius 3 is 2.29 bits per heavy atom. The smallest absolute Gasteiger partial charge is 0.313 e. The molecule has 0 saturated carbocycles. The molecule has 1 rings (SSSR count). The van der Waals surface area contributed by atoms with E-state index in [9.17, 15) is 14.4 Å². The van der Waals surface area contributed by atoms with E-state index >= 15 is 0 Å². The predicted molar refractivity (Wildman–Crippen MR) is 76.4 cm³/mol. The summed E-state index contributed by atoms with van der Waals surface area (Å²) in [5.41, 5.74) is 5.66. The van der Waals surface area contributed by atoms with Gasteiger partial charge in [0.2, 0.25) is 5.91 Å². The molecule has 0 bridgehead atoms. The number of hydrogen-bond acceptors (Lipinski definition) is 3. The number of carbonyl (C=O) groups is 3. The summed E-state index contributed by atoms with van der Waals surface area (Å²) in [6, 6.07) is 6.31. The maximum Gasteiger partial charge on any atom is 0.313 e. The number of aliphatic carboxylic acids is 1. The Labute approximate surface area is 122 Å². The average Bonchev–Trinajstić information content (AvgIpc) is 2.44. The van der Waals surface area contributed by atoms with Crippen LogP contribution in [0.1, 0.15) is 31.4 Å². The average molecular weight is 293 g/mol. The van der Waals surface area contributed by atoms with Crippen LogP contribution in [-0.4, -0.2) is 29.1 Å². The van der Waals surface area contributed by atoms with Crippen molar-refractivity contribution >= 4 is 17.9 Å². The van der Waals surface area contributed by atoms with E-state index in [1.54, 1.807) is 37.3 Å². The third-order valence-electron chi connectivity index (χ3n) is 2.94. The molecule has 0 fully saturated rings. The Bertz CT molecular complexity index is 504. The molecule has 2 atom stereocenters. The zero-order valence-electron chi connectivity index (χ0n) is 11.7. The molecule has 0 aliphatic rings. The zero-order chi connectivity index (χ0) is 15.8. The van der Waals surface area contributed by atoms with Crippen molar-refractivity contribution in [2.45, 2.75) is 31.8 Å². The largest absolute Gasteiger partial charge is 0.481 e. The third-order valence-corrected chi connectivity index (χ3v) is 2.94. The molecule has 7 nitrogen and oxygen atoms in total. The standard InChI is InChI=1S/C14H19N3O4/c1-2-10(8-11(18)19)16-13(20)12(17-14(15)21)9-6-4-3-5-7-9/h3-7,10,12H,2,8H2,1H3,(H,16,20)(H,18,19)(H3,15,17,21). The molecule has 3 amide bonds. The lowest BCUT2D eigenvalue weighted by Gasteiger charge is -2.21. The van der Waals surface area contributed by atoms with Crippen LogP contribution in [0.25, 0.3) is 0 Å². The molecular weight excluding hydrogens is 274 g/mol. The fourth-order valence-electron chi connectivity index (χ4n) is 1.88. The Hall–Kier alpha value is -2.57. The van der Waals surface area contributed by atoms with Crippen LogP contribution in [0.4, 0.5) is 4.79 Å². The van der Waals surface area contributed by atoms with E-state index < -0.39 is 30.0 Å². The molecule has 0 spiro atoms. The molecule has 0 aliphatic carbocycles. The number of rotatable bonds is 7. The van der Waals surface area contributed by atoms with Gasteiger partial charge in [0.15, 0.2) is 0 Å². The monoisotopic (exact) mass is 293 g/mol. The molecule has 1 aromatic carbocycles. The number of urea groups is 1. The fourth-order valence-corrected chi connectivity index (χ4v) is 1.88. The first-order chi connectivity index (χ1) is 9.93. The minimum absolute atomic E-state index is 0.180. The molecule has 0 aromatic heterocycles. The number of hydrogen-bond donors (Lipinski definition) is 4. The van der Waals surface area contributed by atoms with Crippen molar-refractivity contribution in [3.63, 3.8) is 0 Å². The number of carboxylic acids is 1. The van der Waals surface area contributed by atoms with Crippen LogP contribution < -0.4 is 16.4 Å². The van der Waals surface area contributed by atoms with Gasteiger partial charge in [-0.3, -0.25) is 9.59 Å². The van der Waals surface area contributed by atoms with E-state index in [0.29, 0.717) is 12.0 Å². The third kappa shape index (κ3) is 5.52. The molecule has 0 radical (unpaired) electrons. The zero-order valence-corrected chi connectivity index (χ0v) is 11.7. The quantitative estimate of drug-likeness (QED) is 0.593. The fraction of sp³-hybridized carbons (Fsp3) is 0.357. The Morgan fingerprint density at radius 1 is 1.19 bits per heavy atom. The first-order valence-corrected chi connectivity index (χ1v) is 6.57. The van der Waals surface area contributed by atoms with Gasteiger partial charge in [-0.15, -0.1) is 0 Å². The van der Waals surface area contributed by atoms with Gasteiger partial charge in [0.25, 0.3) is 0 Å². The number of nitrogens with one attached hydrogen (secondary N) is 2. The number of primary amides is 1. The van der Waals surface area contributed by atoms with Crippen molar-refractivity contribution < 1.29 is 19.5 Å². The van der Waals surface area contributed by atoms with Crippen LogP contribution >= 0.6 is 0 Å². The van der Waals surface area contributed by atoms with Crippen molar-refractivity contribution in [3.05, 3.63) is 35.9 Å². The minimum Gasteiger partial charge on any atom is -0.481 e. The van der Waals surface area contributed by atoms with E-state index in [4.69, 9.17) is 10.8 Å². The van der Waals surface area contributed by atoms with Crippen LogP contribution in [0.2, 0.25) is 0 Å². The van der Waals surface area contributed by atoms with Gasteiger partial charge < -0.3 is 21.5 Å². The number of carboxylic acid groups (broad SMARTS) is 1. The lowest BCUT2D eigenvalue weighted by Crippen LogP contribution is -2.46. The summed E-state index contributed by atoms with van der Waals surface area (Å²) in [5.74, 6) is -1.49. The van der Waals surface area contributed by atoms with Gasteiger partial charge in [-0.2, -0.15) is 0 Å². The Kier molecular flexibility index (Phi) is 6.19. The Morgan fingerprint density at radius 2 is 1.81 bits per heavy atom. The number of benzene rings is 1. The van der Waals surface area contributed by atoms with E-state index in [1.165, 1.54) is 0 Å². The van der Waals surface area contributed by atoms with Gasteiger partial charge in [0, 0.05) is 6.04 Å². The van der Waals surface area contributed by atoms with Gasteiger partial charge in [-0.05, 0) is 12.0 Å². The van der Waals surface area contributed by atoms with Crippen LogP contribution in [0.3, 0.4) is 0 Å². The SMILES string of the molecule is CCC(CC(=O)O)NC(=O)C(NC(N)=O)c1ccccc1. The van der Waals surface area contributed by atoms with Crippen molar-refractivity contribution in [2.75, 3.05) is 0 Å². The molecule has 5 N–H and O–H groups in total. The van der Waals surface area contributed by atoms with Crippen LogP contribution in [0.15, 0.2) is 30.3 Å². The van der Waals surface area contributed by atoms with Crippen molar-refractivity contribution in [1.29, 1.82) is 0 Å². The molecular formula is C14H19N3O4. The molecule has 7 heteroatoms. The second kappa shape index (κ2) is 7.88. The van der Waals surface area contributed by atoms with Gasteiger partial charge >= 0.3 is 12.0 Å². The Balaban J connectivity index is 2.85. The minimum atomic E-state index is -0.999. The van der Waals surface area contributed by atoms with E-state index in [-0.39, 0.29) is 6.42 Å². The summed E-state index contributed by atoms with van der Waals surface area (Å²) < 4.78 is 0. The summed E-state index contributed by atoms with van der Waals surface area (Å²) in [5, 5.41) is 13.8. The van der Waals surface area contributed by atoms with Gasteiger partial charge in [0.05, 0.1) is 6.42 Å². The van der Waals surface area contributed by atoms with E-state index in [2.05, 4.69) is 10.6 Å². The maximum atomic E-state index is 12.3. The van der Waals surface area contributed by atoms with Crippen molar-refractivity contribution in [3.8, 4) is 0 Å². The number of nitrogens with two attached hydrogens (primary N) is 1. The highest BCUT2D eigenvalue weighted by atomic mass is 16.4. The highest BCUT2D eigenvalue weighted by molar-refractivity contribution is 5.88. The first-order valence-electron chi connectivity index (χ1n) is 6.57.